The Labute approximate surface area is 93.6 Å². The quantitative estimate of drug-likeness (QED) is 0.756. The molecule has 14 heavy (non-hydrogen) atoms. The Kier molecular flexibility index (Phi) is 3.08. The third kappa shape index (κ3) is 2.10. The summed E-state index contributed by atoms with van der Waals surface area (Å²) in [6, 6.07) is 9.14. The number of nitrogens with zero attached hydrogens (tertiary/aromatic N) is 2. The van der Waals surface area contributed by atoms with Crippen LogP contribution >= 0.6 is 15.9 Å². The van der Waals surface area contributed by atoms with Crippen LogP contribution in [-0.4, -0.2) is 38.1 Å². The van der Waals surface area contributed by atoms with Crippen LogP contribution in [0.3, 0.4) is 0 Å². The maximum Gasteiger partial charge on any atom is 0.0511 e. The lowest BCUT2D eigenvalue weighted by Crippen LogP contribution is -2.44. The second-order valence-electron chi connectivity index (χ2n) is 3.67. The lowest BCUT2D eigenvalue weighted by Gasteiger charge is -2.34. The average molecular weight is 254 g/mol. The summed E-state index contributed by atoms with van der Waals surface area (Å²) in [5.74, 6) is 0. The third-order valence-corrected chi connectivity index (χ3v) is 3.27. The van der Waals surface area contributed by atoms with Crippen molar-refractivity contribution in [2.24, 2.45) is 0 Å². The van der Waals surface area contributed by atoms with E-state index in [0.29, 0.717) is 0 Å². The summed E-state index contributed by atoms with van der Waals surface area (Å²) in [5.41, 5.74) is 1.29. The van der Waals surface area contributed by atoms with Gasteiger partial charge in [0.2, 0.25) is 0 Å². The minimum atomic E-state index is 1.11. The Balaban J connectivity index is 2.12. The Bertz CT molecular complexity index is 306. The highest BCUT2D eigenvalue weighted by atomic mass is 79.9. The minimum Gasteiger partial charge on any atom is -0.368 e. The van der Waals surface area contributed by atoms with Gasteiger partial charge in [-0.25, -0.2) is 0 Å². The predicted octanol–water partition coefficient (Wildman–Crippen LogP) is 2.00. The number of rotatable bonds is 1. The molecule has 3 heteroatoms. The molecule has 0 aliphatic carbocycles. The largest absolute Gasteiger partial charge is 0.368 e. The van der Waals surface area contributed by atoms with Gasteiger partial charge in [0.15, 0.2) is 0 Å². The van der Waals surface area contributed by atoms with Crippen molar-refractivity contribution in [3.63, 3.8) is 0 Å². The molecule has 0 unspecified atom stereocenters. The molecular weight excluding hydrogens is 240 g/mol. The molecule has 1 saturated heterocycles. The van der Waals surface area contributed by atoms with E-state index in [4.69, 9.17) is 0 Å². The number of benzene rings is 1. The molecule has 1 radical (unpaired) electrons. The maximum absolute atomic E-state index is 3.56. The molecule has 1 heterocycles. The molecule has 0 saturated carbocycles. The van der Waals surface area contributed by atoms with Crippen molar-refractivity contribution in [1.29, 1.82) is 0 Å². The summed E-state index contributed by atoms with van der Waals surface area (Å²) in [4.78, 5) is 4.78. The second kappa shape index (κ2) is 4.32. The fourth-order valence-corrected chi connectivity index (χ4v) is 2.22. The zero-order chi connectivity index (χ0) is 9.97. The molecule has 1 aliphatic heterocycles. The van der Waals surface area contributed by atoms with Gasteiger partial charge in [-0.15, -0.1) is 0 Å². The van der Waals surface area contributed by atoms with E-state index in [-0.39, 0.29) is 0 Å². The Morgan fingerprint density at radius 3 is 2.64 bits per heavy atom. The summed E-state index contributed by atoms with van der Waals surface area (Å²) in [7, 11) is 2.17. The topological polar surface area (TPSA) is 6.48 Å². The summed E-state index contributed by atoms with van der Waals surface area (Å²) in [6.07, 6.45) is 0. The number of anilines is 1. The van der Waals surface area contributed by atoms with Crippen molar-refractivity contribution in [3.05, 3.63) is 28.7 Å². The highest BCUT2D eigenvalue weighted by molar-refractivity contribution is 9.10. The Morgan fingerprint density at radius 1 is 1.29 bits per heavy atom. The van der Waals surface area contributed by atoms with Gasteiger partial charge in [0.05, 0.1) is 5.69 Å². The lowest BCUT2D eigenvalue weighted by molar-refractivity contribution is 0.312. The van der Waals surface area contributed by atoms with Gasteiger partial charge >= 0.3 is 0 Å². The Hall–Kier alpha value is -0.540. The van der Waals surface area contributed by atoms with Gasteiger partial charge in [-0.3, -0.25) is 0 Å². The number of hydrogen-bond acceptors (Lipinski definition) is 2. The van der Waals surface area contributed by atoms with Gasteiger partial charge < -0.3 is 9.80 Å². The second-order valence-corrected chi connectivity index (χ2v) is 4.52. The molecule has 0 atom stereocenters. The standard InChI is InChI=1S/C11H14BrN2/c1-13-6-8-14(9-7-13)11-5-3-2-4-10(11)12/h3-5H,6-9H2,1H3. The van der Waals surface area contributed by atoms with Crippen LogP contribution in [0.4, 0.5) is 5.69 Å². The highest BCUT2D eigenvalue weighted by Gasteiger charge is 2.15. The third-order valence-electron chi connectivity index (χ3n) is 2.64. The molecule has 0 spiro atoms. The smallest absolute Gasteiger partial charge is 0.0511 e. The molecule has 0 amide bonds. The zero-order valence-corrected chi connectivity index (χ0v) is 9.92. The van der Waals surface area contributed by atoms with Crippen molar-refractivity contribution < 1.29 is 0 Å². The molecular formula is C11H14BrN2. The summed E-state index contributed by atoms with van der Waals surface area (Å²) < 4.78 is 1.14. The molecule has 0 N–H and O–H groups in total. The van der Waals surface area contributed by atoms with Crippen molar-refractivity contribution in [2.75, 3.05) is 38.1 Å². The molecule has 1 aromatic carbocycles. The molecule has 1 aromatic rings. The van der Waals surface area contributed by atoms with Gasteiger partial charge in [0.25, 0.3) is 0 Å². The fraction of sp³-hybridized carbons (Fsp3) is 0.455. The first-order chi connectivity index (χ1) is 6.77. The van der Waals surface area contributed by atoms with E-state index in [9.17, 15) is 0 Å². The summed E-state index contributed by atoms with van der Waals surface area (Å²) >= 11 is 3.56. The maximum atomic E-state index is 3.56. The van der Waals surface area contributed by atoms with Crippen LogP contribution in [0.2, 0.25) is 0 Å². The molecule has 0 bridgehead atoms. The summed E-state index contributed by atoms with van der Waals surface area (Å²) in [6.45, 7) is 4.51. The van der Waals surface area contributed by atoms with E-state index in [2.05, 4.69) is 44.9 Å². The average Bonchev–Trinajstić information content (AvgIpc) is 2.20. The van der Waals surface area contributed by atoms with Gasteiger partial charge in [-0.2, -0.15) is 0 Å². The van der Waals surface area contributed by atoms with Crippen LogP contribution in [0.25, 0.3) is 0 Å². The molecule has 2 rings (SSSR count). The number of piperazine rings is 1. The monoisotopic (exact) mass is 253 g/mol. The van der Waals surface area contributed by atoms with Gasteiger partial charge in [-0.05, 0) is 41.2 Å². The zero-order valence-electron chi connectivity index (χ0n) is 8.33. The molecule has 1 aliphatic rings. The highest BCUT2D eigenvalue weighted by Crippen LogP contribution is 2.25. The van der Waals surface area contributed by atoms with Crippen molar-refractivity contribution in [3.8, 4) is 0 Å². The normalized spacial score (nSPS) is 18.6. The van der Waals surface area contributed by atoms with Gasteiger partial charge in [-0.1, -0.05) is 6.07 Å². The van der Waals surface area contributed by atoms with Crippen LogP contribution in [0, 0.1) is 6.07 Å². The van der Waals surface area contributed by atoms with E-state index < -0.39 is 0 Å². The van der Waals surface area contributed by atoms with Gasteiger partial charge in [0.1, 0.15) is 0 Å². The first-order valence-electron chi connectivity index (χ1n) is 4.86. The fourth-order valence-electron chi connectivity index (χ4n) is 1.71. The number of likely N-dealkylation sites (N-methyl/N-ethyl adjacent to an activating group) is 1. The SMILES string of the molecule is CN1CCN(c2cc[c]cc2Br)CC1. The van der Waals surface area contributed by atoms with E-state index in [0.717, 1.165) is 30.7 Å². The predicted molar refractivity (Wildman–Crippen MR) is 62.7 cm³/mol. The first-order valence-corrected chi connectivity index (χ1v) is 5.66. The first kappa shape index (κ1) is 9.99. The van der Waals surface area contributed by atoms with E-state index in [1.54, 1.807) is 0 Å². The van der Waals surface area contributed by atoms with E-state index in [1.165, 1.54) is 5.69 Å². The van der Waals surface area contributed by atoms with Crippen LogP contribution in [0.1, 0.15) is 0 Å². The summed E-state index contributed by atoms with van der Waals surface area (Å²) in [5, 5.41) is 0. The minimum absolute atomic E-state index is 1.11. The number of halogens is 1. The van der Waals surface area contributed by atoms with Crippen LogP contribution in [0.15, 0.2) is 22.7 Å². The van der Waals surface area contributed by atoms with Crippen LogP contribution in [0.5, 0.6) is 0 Å². The Morgan fingerprint density at radius 2 is 2.00 bits per heavy atom. The van der Waals surface area contributed by atoms with Crippen molar-refractivity contribution >= 4 is 21.6 Å². The molecule has 0 aromatic heterocycles. The lowest BCUT2D eigenvalue weighted by atomic mass is 10.2. The molecule has 75 valence electrons. The van der Waals surface area contributed by atoms with E-state index >= 15 is 0 Å². The van der Waals surface area contributed by atoms with Crippen LogP contribution in [-0.2, 0) is 0 Å². The molecule has 1 fully saturated rings. The van der Waals surface area contributed by atoms with Crippen molar-refractivity contribution in [2.45, 2.75) is 0 Å². The van der Waals surface area contributed by atoms with Crippen molar-refractivity contribution in [1.82, 2.24) is 4.90 Å². The van der Waals surface area contributed by atoms with E-state index in [1.807, 2.05) is 12.1 Å². The molecule has 2 nitrogen and oxygen atoms in total. The van der Waals surface area contributed by atoms with Gasteiger partial charge in [0, 0.05) is 30.7 Å². The van der Waals surface area contributed by atoms with Crippen LogP contribution < -0.4 is 4.90 Å². The number of hydrogen-bond donors (Lipinski definition) is 0.